The van der Waals surface area contributed by atoms with Crippen LogP contribution in [0.4, 0.5) is 0 Å². The summed E-state index contributed by atoms with van der Waals surface area (Å²) in [6.07, 6.45) is 4.09. The predicted molar refractivity (Wildman–Crippen MR) is 71.4 cm³/mol. The Hall–Kier alpha value is -1.48. The molecule has 0 saturated carbocycles. The van der Waals surface area contributed by atoms with E-state index in [0.29, 0.717) is 18.3 Å². The molecule has 0 aliphatic carbocycles. The molecule has 3 nitrogen and oxygen atoms in total. The quantitative estimate of drug-likeness (QED) is 0.851. The molecule has 92 valence electrons. The van der Waals surface area contributed by atoms with Crippen LogP contribution in [0, 0.1) is 0 Å². The van der Waals surface area contributed by atoms with Crippen LogP contribution in [0.5, 0.6) is 5.75 Å². The zero-order valence-electron chi connectivity index (χ0n) is 10.5. The molecule has 17 heavy (non-hydrogen) atoms. The van der Waals surface area contributed by atoms with Crippen molar-refractivity contribution in [2.45, 2.75) is 32.7 Å². The third-order valence-corrected chi connectivity index (χ3v) is 3.12. The van der Waals surface area contributed by atoms with Crippen LogP contribution in [-0.2, 0) is 6.42 Å². The van der Waals surface area contributed by atoms with Gasteiger partial charge in [0.05, 0.1) is 5.52 Å². The normalized spacial score (nSPS) is 11.5. The Bertz CT molecular complexity index is 514. The number of aromatic nitrogens is 1. The van der Waals surface area contributed by atoms with Crippen LogP contribution in [0.1, 0.15) is 31.9 Å². The largest absolute Gasteiger partial charge is 0.506 e. The van der Waals surface area contributed by atoms with Crippen molar-refractivity contribution in [3.05, 3.63) is 30.0 Å². The summed E-state index contributed by atoms with van der Waals surface area (Å²) in [5, 5.41) is 11.1. The van der Waals surface area contributed by atoms with Gasteiger partial charge >= 0.3 is 0 Å². The Kier molecular flexibility index (Phi) is 3.38. The minimum absolute atomic E-state index is 0.345. The Morgan fingerprint density at radius 1 is 1.35 bits per heavy atom. The number of nitrogens with two attached hydrogens (primary N) is 1. The molecule has 0 fully saturated rings. The van der Waals surface area contributed by atoms with Crippen LogP contribution in [0.15, 0.2) is 24.4 Å². The van der Waals surface area contributed by atoms with Crippen molar-refractivity contribution in [1.82, 2.24) is 4.57 Å². The summed E-state index contributed by atoms with van der Waals surface area (Å²) in [5.74, 6) is 0.357. The first-order chi connectivity index (χ1) is 8.15. The molecule has 0 amide bonds. The molecule has 3 N–H and O–H groups in total. The second kappa shape index (κ2) is 4.80. The van der Waals surface area contributed by atoms with E-state index in [1.165, 1.54) is 5.56 Å². The smallest absolute Gasteiger partial charge is 0.139 e. The molecule has 3 heteroatoms. The number of hydrogen-bond acceptors (Lipinski definition) is 2. The van der Waals surface area contributed by atoms with Crippen LogP contribution in [0.3, 0.4) is 0 Å². The van der Waals surface area contributed by atoms with E-state index < -0.39 is 0 Å². The summed E-state index contributed by atoms with van der Waals surface area (Å²) in [5.41, 5.74) is 7.77. The van der Waals surface area contributed by atoms with E-state index in [0.717, 1.165) is 23.7 Å². The van der Waals surface area contributed by atoms with Gasteiger partial charge in [-0.3, -0.25) is 0 Å². The second-order valence-corrected chi connectivity index (χ2v) is 4.72. The third kappa shape index (κ3) is 2.15. The van der Waals surface area contributed by atoms with Gasteiger partial charge in [0.25, 0.3) is 0 Å². The molecule has 0 radical (unpaired) electrons. The first-order valence-electron chi connectivity index (χ1n) is 6.16. The predicted octanol–water partition coefficient (Wildman–Crippen LogP) is 2.82. The van der Waals surface area contributed by atoms with Gasteiger partial charge in [-0.05, 0) is 44.9 Å². The van der Waals surface area contributed by atoms with E-state index in [2.05, 4.69) is 30.7 Å². The lowest BCUT2D eigenvalue weighted by Crippen LogP contribution is -2.00. The van der Waals surface area contributed by atoms with Crippen molar-refractivity contribution in [2.75, 3.05) is 6.54 Å². The first kappa shape index (κ1) is 12.0. The number of para-hydroxylation sites is 1. The third-order valence-electron chi connectivity index (χ3n) is 3.12. The van der Waals surface area contributed by atoms with Gasteiger partial charge in [0, 0.05) is 17.6 Å². The van der Waals surface area contributed by atoms with Crippen LogP contribution >= 0.6 is 0 Å². The number of fused-ring (bicyclic) bond motifs is 1. The van der Waals surface area contributed by atoms with E-state index in [-0.39, 0.29) is 0 Å². The van der Waals surface area contributed by atoms with Gasteiger partial charge < -0.3 is 15.4 Å². The molecule has 0 unspecified atom stereocenters. The second-order valence-electron chi connectivity index (χ2n) is 4.72. The summed E-state index contributed by atoms with van der Waals surface area (Å²) in [4.78, 5) is 0. The van der Waals surface area contributed by atoms with Crippen LogP contribution in [-0.4, -0.2) is 16.2 Å². The van der Waals surface area contributed by atoms with E-state index in [9.17, 15) is 5.11 Å². The van der Waals surface area contributed by atoms with Crippen molar-refractivity contribution in [1.29, 1.82) is 0 Å². The van der Waals surface area contributed by atoms with Gasteiger partial charge in [0.2, 0.25) is 0 Å². The Morgan fingerprint density at radius 3 is 2.76 bits per heavy atom. The van der Waals surface area contributed by atoms with E-state index in [4.69, 9.17) is 5.73 Å². The van der Waals surface area contributed by atoms with Gasteiger partial charge in [-0.1, -0.05) is 12.1 Å². The van der Waals surface area contributed by atoms with E-state index >= 15 is 0 Å². The van der Waals surface area contributed by atoms with Crippen LogP contribution < -0.4 is 5.73 Å². The number of phenolic OH excluding ortho intramolecular Hbond substituents is 1. The molecule has 2 rings (SSSR count). The molecule has 2 aromatic rings. The number of hydrogen-bond donors (Lipinski definition) is 2. The highest BCUT2D eigenvalue weighted by Gasteiger charge is 2.12. The maximum atomic E-state index is 9.99. The summed E-state index contributed by atoms with van der Waals surface area (Å²) < 4.78 is 2.14. The highest BCUT2D eigenvalue weighted by atomic mass is 16.3. The average molecular weight is 232 g/mol. The molecule has 0 saturated heterocycles. The standard InChI is InChI=1S/C14H20N2O/c1-10(2)16-9-11(5-4-8-15)12-6-3-7-13(17)14(12)16/h3,6-7,9-10,17H,4-5,8,15H2,1-2H3. The molecular weight excluding hydrogens is 212 g/mol. The van der Waals surface area contributed by atoms with Gasteiger partial charge in [-0.15, -0.1) is 0 Å². The topological polar surface area (TPSA) is 51.2 Å². The molecule has 1 aromatic heterocycles. The van der Waals surface area contributed by atoms with Gasteiger partial charge in [-0.25, -0.2) is 0 Å². The summed E-state index contributed by atoms with van der Waals surface area (Å²) >= 11 is 0. The summed E-state index contributed by atoms with van der Waals surface area (Å²) in [7, 11) is 0. The number of rotatable bonds is 4. The molecule has 1 aromatic carbocycles. The maximum absolute atomic E-state index is 9.99. The molecular formula is C14H20N2O. The zero-order chi connectivity index (χ0) is 12.4. The molecule has 0 atom stereocenters. The highest BCUT2D eigenvalue weighted by molar-refractivity contribution is 5.89. The number of aromatic hydroxyl groups is 1. The Morgan fingerprint density at radius 2 is 2.12 bits per heavy atom. The van der Waals surface area contributed by atoms with E-state index in [1.807, 2.05) is 6.07 Å². The summed E-state index contributed by atoms with van der Waals surface area (Å²) in [6, 6.07) is 6.06. The van der Waals surface area contributed by atoms with Crippen molar-refractivity contribution in [3.63, 3.8) is 0 Å². The van der Waals surface area contributed by atoms with Gasteiger partial charge in [-0.2, -0.15) is 0 Å². The first-order valence-corrected chi connectivity index (χ1v) is 6.16. The monoisotopic (exact) mass is 232 g/mol. The number of phenols is 1. The lowest BCUT2D eigenvalue weighted by Gasteiger charge is -2.09. The molecule has 0 aliphatic rings. The fourth-order valence-electron chi connectivity index (χ4n) is 2.26. The average Bonchev–Trinajstić information content (AvgIpc) is 2.67. The van der Waals surface area contributed by atoms with Crippen LogP contribution in [0.25, 0.3) is 10.9 Å². The van der Waals surface area contributed by atoms with E-state index in [1.54, 1.807) is 6.07 Å². The lowest BCUT2D eigenvalue weighted by molar-refractivity contribution is 0.475. The molecule has 1 heterocycles. The highest BCUT2D eigenvalue weighted by Crippen LogP contribution is 2.31. The zero-order valence-corrected chi connectivity index (χ0v) is 10.5. The fourth-order valence-corrected chi connectivity index (χ4v) is 2.26. The maximum Gasteiger partial charge on any atom is 0.139 e. The van der Waals surface area contributed by atoms with Crippen LogP contribution in [0.2, 0.25) is 0 Å². The molecule has 0 bridgehead atoms. The molecule has 0 aliphatic heterocycles. The minimum atomic E-state index is 0.345. The van der Waals surface area contributed by atoms with Crippen molar-refractivity contribution < 1.29 is 5.11 Å². The van der Waals surface area contributed by atoms with Crippen molar-refractivity contribution in [2.24, 2.45) is 5.73 Å². The van der Waals surface area contributed by atoms with Gasteiger partial charge in [0.15, 0.2) is 0 Å². The fraction of sp³-hybridized carbons (Fsp3) is 0.429. The van der Waals surface area contributed by atoms with Crippen molar-refractivity contribution >= 4 is 10.9 Å². The van der Waals surface area contributed by atoms with Crippen molar-refractivity contribution in [3.8, 4) is 5.75 Å². The lowest BCUT2D eigenvalue weighted by atomic mass is 10.1. The number of benzene rings is 1. The Labute approximate surface area is 102 Å². The van der Waals surface area contributed by atoms with Gasteiger partial charge in [0.1, 0.15) is 5.75 Å². The molecule has 0 spiro atoms. The number of aryl methyl sites for hydroxylation is 1. The SMILES string of the molecule is CC(C)n1cc(CCCN)c2cccc(O)c21. The minimum Gasteiger partial charge on any atom is -0.506 e. The Balaban J connectivity index is 2.58. The number of nitrogens with zero attached hydrogens (tertiary/aromatic N) is 1. The summed E-state index contributed by atoms with van der Waals surface area (Å²) in [6.45, 7) is 4.95.